The van der Waals surface area contributed by atoms with E-state index in [1.807, 2.05) is 12.3 Å². The van der Waals surface area contributed by atoms with Gasteiger partial charge in [0.25, 0.3) is 0 Å². The largest absolute Gasteiger partial charge is 0.395 e. The highest BCUT2D eigenvalue weighted by atomic mass is 16.3. The molecule has 0 amide bonds. The summed E-state index contributed by atoms with van der Waals surface area (Å²) in [5, 5.41) is 13.5. The topological polar surface area (TPSA) is 45.1 Å². The molecule has 3 heteroatoms. The Labute approximate surface area is 162 Å². The first-order chi connectivity index (χ1) is 13.4. The van der Waals surface area contributed by atoms with Crippen LogP contribution in [0.1, 0.15) is 42.4 Å². The molecule has 3 nitrogen and oxygen atoms in total. The lowest BCUT2D eigenvalue weighted by Crippen LogP contribution is -2.17. The van der Waals surface area contributed by atoms with Gasteiger partial charge in [-0.05, 0) is 48.4 Å². The standard InChI is InChI=1S/C24H30N2O/c27-18-17-25-19-22-15-14-21(23-13-8-16-26-24(22)23)12-7-2-1-4-9-20-10-5-3-6-11-20/h3,5-6,8,10-11,13-16,25,27H,1-2,4,7,9,12,17-19H2. The molecule has 3 rings (SSSR count). The fourth-order valence-electron chi connectivity index (χ4n) is 3.60. The predicted octanol–water partition coefficient (Wildman–Crippen LogP) is 4.66. The molecule has 0 bridgehead atoms. The van der Waals surface area contributed by atoms with E-state index in [2.05, 4.69) is 58.8 Å². The maximum absolute atomic E-state index is 8.95. The zero-order valence-corrected chi connectivity index (χ0v) is 16.0. The van der Waals surface area contributed by atoms with E-state index >= 15 is 0 Å². The molecule has 0 aliphatic carbocycles. The number of pyridine rings is 1. The first-order valence-electron chi connectivity index (χ1n) is 10.1. The Morgan fingerprint density at radius 1 is 0.778 bits per heavy atom. The highest BCUT2D eigenvalue weighted by Crippen LogP contribution is 2.23. The number of rotatable bonds is 11. The summed E-state index contributed by atoms with van der Waals surface area (Å²) in [4.78, 5) is 4.61. The molecule has 0 spiro atoms. The van der Waals surface area contributed by atoms with Gasteiger partial charge in [0.2, 0.25) is 0 Å². The van der Waals surface area contributed by atoms with Crippen LogP contribution in [0.5, 0.6) is 0 Å². The molecule has 0 saturated carbocycles. The normalized spacial score (nSPS) is 11.1. The number of nitrogens with one attached hydrogen (secondary N) is 1. The van der Waals surface area contributed by atoms with E-state index in [1.165, 1.54) is 54.2 Å². The van der Waals surface area contributed by atoms with Crippen LogP contribution in [0.25, 0.3) is 10.9 Å². The summed E-state index contributed by atoms with van der Waals surface area (Å²) in [5.74, 6) is 0. The fraction of sp³-hybridized carbons (Fsp3) is 0.375. The average molecular weight is 363 g/mol. The Hall–Kier alpha value is -2.23. The van der Waals surface area contributed by atoms with Gasteiger partial charge in [0, 0.05) is 24.7 Å². The monoisotopic (exact) mass is 362 g/mol. The van der Waals surface area contributed by atoms with Gasteiger partial charge < -0.3 is 10.4 Å². The average Bonchev–Trinajstić information content (AvgIpc) is 2.72. The molecule has 0 radical (unpaired) electrons. The highest BCUT2D eigenvalue weighted by molar-refractivity contribution is 5.85. The highest BCUT2D eigenvalue weighted by Gasteiger charge is 2.07. The zero-order valence-electron chi connectivity index (χ0n) is 16.0. The lowest BCUT2D eigenvalue weighted by molar-refractivity contribution is 0.292. The van der Waals surface area contributed by atoms with E-state index in [-0.39, 0.29) is 6.61 Å². The van der Waals surface area contributed by atoms with Crippen LogP contribution in [0.15, 0.2) is 60.8 Å². The summed E-state index contributed by atoms with van der Waals surface area (Å²) in [6.45, 7) is 1.51. The van der Waals surface area contributed by atoms with Crippen molar-refractivity contribution in [3.8, 4) is 0 Å². The summed E-state index contributed by atoms with van der Waals surface area (Å²) in [6.07, 6.45) is 9.21. The Bertz CT molecular complexity index is 817. The number of aliphatic hydroxyl groups is 1. The first kappa shape index (κ1) is 19.5. The van der Waals surface area contributed by atoms with E-state index in [0.717, 1.165) is 18.5 Å². The molecule has 0 fully saturated rings. The second kappa shape index (κ2) is 10.8. The van der Waals surface area contributed by atoms with Crippen molar-refractivity contribution in [2.24, 2.45) is 0 Å². The number of aryl methyl sites for hydroxylation is 2. The second-order valence-corrected chi connectivity index (χ2v) is 7.08. The molecule has 3 aromatic rings. The van der Waals surface area contributed by atoms with Crippen molar-refractivity contribution in [1.29, 1.82) is 0 Å². The van der Waals surface area contributed by atoms with Gasteiger partial charge in [0.1, 0.15) is 0 Å². The molecular weight excluding hydrogens is 332 g/mol. The Kier molecular flexibility index (Phi) is 7.82. The van der Waals surface area contributed by atoms with Crippen LogP contribution in [0.3, 0.4) is 0 Å². The Morgan fingerprint density at radius 2 is 1.56 bits per heavy atom. The maximum atomic E-state index is 8.95. The van der Waals surface area contributed by atoms with Crippen LogP contribution in [-0.2, 0) is 19.4 Å². The van der Waals surface area contributed by atoms with Gasteiger partial charge in [-0.3, -0.25) is 4.98 Å². The lowest BCUT2D eigenvalue weighted by atomic mass is 9.98. The number of hydrogen-bond donors (Lipinski definition) is 2. The van der Waals surface area contributed by atoms with Crippen molar-refractivity contribution in [3.05, 3.63) is 77.5 Å². The second-order valence-electron chi connectivity index (χ2n) is 7.08. The van der Waals surface area contributed by atoms with Gasteiger partial charge in [-0.25, -0.2) is 0 Å². The summed E-state index contributed by atoms with van der Waals surface area (Å²) in [7, 11) is 0. The molecule has 2 N–H and O–H groups in total. The van der Waals surface area contributed by atoms with Gasteiger partial charge in [-0.15, -0.1) is 0 Å². The molecule has 1 heterocycles. The van der Waals surface area contributed by atoms with Crippen LogP contribution < -0.4 is 5.32 Å². The molecule has 0 aliphatic rings. The van der Waals surface area contributed by atoms with E-state index in [0.29, 0.717) is 6.54 Å². The summed E-state index contributed by atoms with van der Waals surface area (Å²) >= 11 is 0. The number of aromatic nitrogens is 1. The molecule has 1 aromatic heterocycles. The number of nitrogens with zero attached hydrogens (tertiary/aromatic N) is 1. The molecule has 0 aliphatic heterocycles. The maximum Gasteiger partial charge on any atom is 0.0749 e. The number of aliphatic hydroxyl groups excluding tert-OH is 1. The van der Waals surface area contributed by atoms with Gasteiger partial charge in [0.05, 0.1) is 12.1 Å². The van der Waals surface area contributed by atoms with Crippen molar-refractivity contribution < 1.29 is 5.11 Å². The summed E-state index contributed by atoms with van der Waals surface area (Å²) < 4.78 is 0. The SMILES string of the molecule is OCCNCc1ccc(CCCCCCc2ccccc2)c2cccnc12. The van der Waals surface area contributed by atoms with Crippen LogP contribution >= 0.6 is 0 Å². The molecule has 142 valence electrons. The van der Waals surface area contributed by atoms with E-state index in [4.69, 9.17) is 5.11 Å². The van der Waals surface area contributed by atoms with Gasteiger partial charge in [-0.1, -0.05) is 61.4 Å². The Morgan fingerprint density at radius 3 is 2.37 bits per heavy atom. The van der Waals surface area contributed by atoms with Crippen molar-refractivity contribution in [2.75, 3.05) is 13.2 Å². The number of benzene rings is 2. The first-order valence-corrected chi connectivity index (χ1v) is 10.1. The lowest BCUT2D eigenvalue weighted by Gasteiger charge is -2.11. The van der Waals surface area contributed by atoms with Crippen LogP contribution in [-0.4, -0.2) is 23.2 Å². The quantitative estimate of drug-likeness (QED) is 0.488. The number of hydrogen-bond acceptors (Lipinski definition) is 3. The summed E-state index contributed by atoms with van der Waals surface area (Å²) in [5.41, 5.74) is 5.13. The minimum absolute atomic E-state index is 0.160. The number of unbranched alkanes of at least 4 members (excludes halogenated alkanes) is 3. The number of fused-ring (bicyclic) bond motifs is 1. The molecule has 0 saturated heterocycles. The van der Waals surface area contributed by atoms with Crippen molar-refractivity contribution >= 4 is 10.9 Å². The van der Waals surface area contributed by atoms with E-state index in [9.17, 15) is 0 Å². The van der Waals surface area contributed by atoms with E-state index in [1.54, 1.807) is 0 Å². The van der Waals surface area contributed by atoms with E-state index < -0.39 is 0 Å². The molecule has 27 heavy (non-hydrogen) atoms. The minimum Gasteiger partial charge on any atom is -0.395 e. The Balaban J connectivity index is 1.50. The van der Waals surface area contributed by atoms with Crippen molar-refractivity contribution in [2.45, 2.75) is 45.1 Å². The van der Waals surface area contributed by atoms with Crippen molar-refractivity contribution in [3.63, 3.8) is 0 Å². The molecular formula is C24H30N2O. The molecule has 2 aromatic carbocycles. The van der Waals surface area contributed by atoms with Crippen LogP contribution in [0.2, 0.25) is 0 Å². The third-order valence-electron chi connectivity index (χ3n) is 5.05. The third kappa shape index (κ3) is 5.88. The predicted molar refractivity (Wildman–Crippen MR) is 113 cm³/mol. The zero-order chi connectivity index (χ0) is 18.7. The fourth-order valence-corrected chi connectivity index (χ4v) is 3.60. The molecule has 0 unspecified atom stereocenters. The third-order valence-corrected chi connectivity index (χ3v) is 5.05. The van der Waals surface area contributed by atoms with Gasteiger partial charge >= 0.3 is 0 Å². The van der Waals surface area contributed by atoms with Crippen LogP contribution in [0, 0.1) is 0 Å². The van der Waals surface area contributed by atoms with Crippen molar-refractivity contribution in [1.82, 2.24) is 10.3 Å². The van der Waals surface area contributed by atoms with Gasteiger partial charge in [0.15, 0.2) is 0 Å². The van der Waals surface area contributed by atoms with Crippen LogP contribution in [0.4, 0.5) is 0 Å². The molecule has 0 atom stereocenters. The summed E-state index contributed by atoms with van der Waals surface area (Å²) in [6, 6.07) is 19.4. The smallest absolute Gasteiger partial charge is 0.0749 e. The minimum atomic E-state index is 0.160. The van der Waals surface area contributed by atoms with Gasteiger partial charge in [-0.2, -0.15) is 0 Å².